The molecule has 122 valence electrons. The standard InChI is InChI=1S/C18H21NO4/c1-21-15-10-9-14(11-16(15)22-2)17(23-3)12-19-18(20)13-7-5-4-6-8-13/h4-11,17H,12H2,1-3H3,(H,19,20). The molecule has 23 heavy (non-hydrogen) atoms. The molecule has 2 rings (SSSR count). The molecule has 1 unspecified atom stereocenters. The maximum atomic E-state index is 12.1. The van der Waals surface area contributed by atoms with Crippen molar-refractivity contribution in [2.24, 2.45) is 0 Å². The summed E-state index contributed by atoms with van der Waals surface area (Å²) < 4.78 is 16.0. The third kappa shape index (κ3) is 4.23. The lowest BCUT2D eigenvalue weighted by molar-refractivity contribution is 0.0827. The van der Waals surface area contributed by atoms with Gasteiger partial charge in [0.15, 0.2) is 11.5 Å². The van der Waals surface area contributed by atoms with Crippen molar-refractivity contribution in [1.29, 1.82) is 0 Å². The van der Waals surface area contributed by atoms with Crippen molar-refractivity contribution in [3.05, 3.63) is 59.7 Å². The molecular weight excluding hydrogens is 294 g/mol. The lowest BCUT2D eigenvalue weighted by atomic mass is 10.1. The van der Waals surface area contributed by atoms with Crippen LogP contribution in [0.1, 0.15) is 22.0 Å². The first kappa shape index (κ1) is 16.8. The summed E-state index contributed by atoms with van der Waals surface area (Å²) in [5, 5.41) is 2.88. The number of hydrogen-bond donors (Lipinski definition) is 1. The SMILES string of the molecule is COc1ccc(C(CNC(=O)c2ccccc2)OC)cc1OC. The highest BCUT2D eigenvalue weighted by Gasteiger charge is 2.15. The topological polar surface area (TPSA) is 56.8 Å². The first-order valence-corrected chi connectivity index (χ1v) is 7.27. The van der Waals surface area contributed by atoms with E-state index in [1.807, 2.05) is 36.4 Å². The Balaban J connectivity index is 2.07. The summed E-state index contributed by atoms with van der Waals surface area (Å²) in [6.45, 7) is 0.361. The maximum Gasteiger partial charge on any atom is 0.251 e. The summed E-state index contributed by atoms with van der Waals surface area (Å²) in [6.07, 6.45) is -0.275. The predicted molar refractivity (Wildman–Crippen MR) is 88.1 cm³/mol. The zero-order valence-corrected chi connectivity index (χ0v) is 13.5. The quantitative estimate of drug-likeness (QED) is 0.853. The Labute approximate surface area is 136 Å². The Morgan fingerprint density at radius 2 is 1.70 bits per heavy atom. The molecule has 0 spiro atoms. The van der Waals surface area contributed by atoms with Crippen LogP contribution >= 0.6 is 0 Å². The van der Waals surface area contributed by atoms with Crippen LogP contribution in [0.25, 0.3) is 0 Å². The first-order chi connectivity index (χ1) is 11.2. The van der Waals surface area contributed by atoms with Crippen LogP contribution in [-0.2, 0) is 4.74 Å². The molecule has 0 radical (unpaired) electrons. The Morgan fingerprint density at radius 1 is 1.00 bits per heavy atom. The molecule has 0 heterocycles. The van der Waals surface area contributed by atoms with E-state index in [1.54, 1.807) is 33.5 Å². The van der Waals surface area contributed by atoms with E-state index in [0.717, 1.165) is 5.56 Å². The van der Waals surface area contributed by atoms with Crippen LogP contribution in [0.2, 0.25) is 0 Å². The fourth-order valence-electron chi connectivity index (χ4n) is 2.27. The van der Waals surface area contributed by atoms with Crippen LogP contribution < -0.4 is 14.8 Å². The molecule has 0 aromatic heterocycles. The minimum Gasteiger partial charge on any atom is -0.493 e. The van der Waals surface area contributed by atoms with Crippen molar-refractivity contribution >= 4 is 5.91 Å². The van der Waals surface area contributed by atoms with E-state index in [2.05, 4.69) is 5.32 Å². The molecule has 5 nitrogen and oxygen atoms in total. The second-order valence-corrected chi connectivity index (χ2v) is 4.91. The molecule has 0 fully saturated rings. The summed E-state index contributed by atoms with van der Waals surface area (Å²) >= 11 is 0. The number of amides is 1. The van der Waals surface area contributed by atoms with Gasteiger partial charge in [-0.3, -0.25) is 4.79 Å². The van der Waals surface area contributed by atoms with Gasteiger partial charge < -0.3 is 19.5 Å². The molecule has 1 atom stereocenters. The van der Waals surface area contributed by atoms with Crippen molar-refractivity contribution in [3.8, 4) is 11.5 Å². The lowest BCUT2D eigenvalue weighted by Crippen LogP contribution is -2.29. The third-order valence-electron chi connectivity index (χ3n) is 3.55. The van der Waals surface area contributed by atoms with Crippen LogP contribution in [0.5, 0.6) is 11.5 Å². The first-order valence-electron chi connectivity index (χ1n) is 7.27. The van der Waals surface area contributed by atoms with Crippen LogP contribution in [0.4, 0.5) is 0 Å². The zero-order chi connectivity index (χ0) is 16.7. The van der Waals surface area contributed by atoms with E-state index in [9.17, 15) is 4.79 Å². The van der Waals surface area contributed by atoms with Crippen molar-refractivity contribution in [2.75, 3.05) is 27.9 Å². The zero-order valence-electron chi connectivity index (χ0n) is 13.5. The summed E-state index contributed by atoms with van der Waals surface area (Å²) in [5.41, 5.74) is 1.52. The summed E-state index contributed by atoms with van der Waals surface area (Å²) in [6, 6.07) is 14.6. The Hall–Kier alpha value is -2.53. The second-order valence-electron chi connectivity index (χ2n) is 4.91. The van der Waals surface area contributed by atoms with Crippen LogP contribution in [-0.4, -0.2) is 33.8 Å². The number of benzene rings is 2. The molecule has 1 amide bonds. The molecule has 5 heteroatoms. The largest absolute Gasteiger partial charge is 0.493 e. The minimum atomic E-state index is -0.275. The van der Waals surface area contributed by atoms with Gasteiger partial charge in [0.1, 0.15) is 0 Å². The fourth-order valence-corrected chi connectivity index (χ4v) is 2.27. The van der Waals surface area contributed by atoms with Crippen molar-refractivity contribution in [3.63, 3.8) is 0 Å². The molecule has 2 aromatic carbocycles. The van der Waals surface area contributed by atoms with E-state index in [1.165, 1.54) is 0 Å². The molecule has 0 bridgehead atoms. The highest BCUT2D eigenvalue weighted by atomic mass is 16.5. The monoisotopic (exact) mass is 315 g/mol. The Bertz CT molecular complexity index is 643. The molecule has 2 aromatic rings. The summed E-state index contributed by atoms with van der Waals surface area (Å²) in [5.74, 6) is 1.15. The number of methoxy groups -OCH3 is 3. The fraction of sp³-hybridized carbons (Fsp3) is 0.278. The predicted octanol–water partition coefficient (Wildman–Crippen LogP) is 2.82. The Morgan fingerprint density at radius 3 is 2.30 bits per heavy atom. The van der Waals surface area contributed by atoms with Crippen molar-refractivity contribution in [2.45, 2.75) is 6.10 Å². The smallest absolute Gasteiger partial charge is 0.251 e. The number of carbonyl (C=O) groups excluding carboxylic acids is 1. The van der Waals surface area contributed by atoms with E-state index < -0.39 is 0 Å². The van der Waals surface area contributed by atoms with Gasteiger partial charge in [-0.05, 0) is 29.8 Å². The van der Waals surface area contributed by atoms with Gasteiger partial charge in [0.25, 0.3) is 5.91 Å². The van der Waals surface area contributed by atoms with Gasteiger partial charge in [-0.1, -0.05) is 24.3 Å². The summed E-state index contributed by atoms with van der Waals surface area (Å²) in [4.78, 5) is 12.1. The average Bonchev–Trinajstić information content (AvgIpc) is 2.62. The highest BCUT2D eigenvalue weighted by Crippen LogP contribution is 2.30. The normalized spacial score (nSPS) is 11.6. The highest BCUT2D eigenvalue weighted by molar-refractivity contribution is 5.94. The molecule has 0 aliphatic heterocycles. The van der Waals surface area contributed by atoms with Gasteiger partial charge >= 0.3 is 0 Å². The number of rotatable bonds is 7. The van der Waals surface area contributed by atoms with Crippen molar-refractivity contribution < 1.29 is 19.0 Å². The van der Waals surface area contributed by atoms with Crippen molar-refractivity contribution in [1.82, 2.24) is 5.32 Å². The maximum absolute atomic E-state index is 12.1. The average molecular weight is 315 g/mol. The van der Waals surface area contributed by atoms with Gasteiger partial charge in [-0.2, -0.15) is 0 Å². The third-order valence-corrected chi connectivity index (χ3v) is 3.55. The number of ether oxygens (including phenoxy) is 3. The van der Waals surface area contributed by atoms with Crippen LogP contribution in [0.15, 0.2) is 48.5 Å². The van der Waals surface area contributed by atoms with Gasteiger partial charge in [0.2, 0.25) is 0 Å². The van der Waals surface area contributed by atoms with E-state index >= 15 is 0 Å². The van der Waals surface area contributed by atoms with Crippen LogP contribution in [0.3, 0.4) is 0 Å². The molecular formula is C18H21NO4. The second kappa shape index (κ2) is 8.19. The van der Waals surface area contributed by atoms with E-state index in [0.29, 0.717) is 23.6 Å². The van der Waals surface area contributed by atoms with E-state index in [-0.39, 0.29) is 12.0 Å². The van der Waals surface area contributed by atoms with Crippen LogP contribution in [0, 0.1) is 0 Å². The number of carbonyl (C=O) groups is 1. The molecule has 0 saturated carbocycles. The van der Waals surface area contributed by atoms with Gasteiger partial charge in [-0.15, -0.1) is 0 Å². The summed E-state index contributed by atoms with van der Waals surface area (Å²) in [7, 11) is 4.78. The van der Waals surface area contributed by atoms with Gasteiger partial charge in [0.05, 0.1) is 20.3 Å². The van der Waals surface area contributed by atoms with Gasteiger partial charge in [0, 0.05) is 19.2 Å². The molecule has 0 aliphatic carbocycles. The molecule has 1 N–H and O–H groups in total. The van der Waals surface area contributed by atoms with E-state index in [4.69, 9.17) is 14.2 Å². The Kier molecular flexibility index (Phi) is 6.00. The minimum absolute atomic E-state index is 0.131. The molecule has 0 saturated heterocycles. The van der Waals surface area contributed by atoms with Gasteiger partial charge in [-0.25, -0.2) is 0 Å². The number of hydrogen-bond acceptors (Lipinski definition) is 4. The lowest BCUT2D eigenvalue weighted by Gasteiger charge is -2.18. The number of nitrogens with one attached hydrogen (secondary N) is 1. The molecule has 0 aliphatic rings.